The minimum Gasteiger partial charge on any atom is -0.367 e. The van der Waals surface area contributed by atoms with E-state index in [-0.39, 0.29) is 6.10 Å². The Hall–Kier alpha value is -0.940. The van der Waals surface area contributed by atoms with Gasteiger partial charge in [-0.3, -0.25) is 0 Å². The van der Waals surface area contributed by atoms with Gasteiger partial charge >= 0.3 is 0 Å². The standard InChI is InChI=1S/C8H13N3O2/c1-2-7-10-8(11-13-7)6-5-9-3-4-12-6/h6,9H,2-5H2,1H3. The second kappa shape index (κ2) is 3.85. The van der Waals surface area contributed by atoms with Gasteiger partial charge in [0.15, 0.2) is 0 Å². The van der Waals surface area contributed by atoms with Gasteiger partial charge in [0.25, 0.3) is 0 Å². The summed E-state index contributed by atoms with van der Waals surface area (Å²) in [5, 5.41) is 7.07. The second-order valence-corrected chi connectivity index (χ2v) is 2.96. The van der Waals surface area contributed by atoms with E-state index in [9.17, 15) is 0 Å². The number of aromatic nitrogens is 2. The van der Waals surface area contributed by atoms with E-state index in [4.69, 9.17) is 9.26 Å². The van der Waals surface area contributed by atoms with Crippen LogP contribution in [0.5, 0.6) is 0 Å². The number of hydrogen-bond acceptors (Lipinski definition) is 5. The zero-order chi connectivity index (χ0) is 9.10. The maximum atomic E-state index is 5.47. The highest BCUT2D eigenvalue weighted by Crippen LogP contribution is 2.15. The number of rotatable bonds is 2. The lowest BCUT2D eigenvalue weighted by Crippen LogP contribution is -2.33. The Kier molecular flexibility index (Phi) is 2.56. The van der Waals surface area contributed by atoms with Crippen molar-refractivity contribution in [3.05, 3.63) is 11.7 Å². The molecule has 0 aromatic carbocycles. The Morgan fingerprint density at radius 2 is 2.54 bits per heavy atom. The van der Waals surface area contributed by atoms with Gasteiger partial charge in [0.2, 0.25) is 11.7 Å². The molecule has 1 aromatic rings. The van der Waals surface area contributed by atoms with Crippen LogP contribution < -0.4 is 5.32 Å². The molecule has 2 rings (SSSR count). The van der Waals surface area contributed by atoms with E-state index in [0.717, 1.165) is 19.5 Å². The number of ether oxygens (including phenoxy) is 1. The number of hydrogen-bond donors (Lipinski definition) is 1. The van der Waals surface area contributed by atoms with Crippen molar-refractivity contribution in [2.75, 3.05) is 19.7 Å². The Morgan fingerprint density at radius 1 is 1.62 bits per heavy atom. The van der Waals surface area contributed by atoms with Crippen LogP contribution in [0, 0.1) is 0 Å². The summed E-state index contributed by atoms with van der Waals surface area (Å²) >= 11 is 0. The molecule has 13 heavy (non-hydrogen) atoms. The molecule has 1 atom stereocenters. The van der Waals surface area contributed by atoms with Gasteiger partial charge in [-0.15, -0.1) is 0 Å². The van der Waals surface area contributed by atoms with E-state index in [1.165, 1.54) is 0 Å². The molecule has 1 aliphatic heterocycles. The molecule has 0 bridgehead atoms. The van der Waals surface area contributed by atoms with E-state index in [1.54, 1.807) is 0 Å². The van der Waals surface area contributed by atoms with Crippen molar-refractivity contribution in [1.82, 2.24) is 15.5 Å². The Balaban J connectivity index is 2.05. The van der Waals surface area contributed by atoms with Crippen LogP contribution in [0.4, 0.5) is 0 Å². The monoisotopic (exact) mass is 183 g/mol. The van der Waals surface area contributed by atoms with Crippen molar-refractivity contribution in [2.45, 2.75) is 19.4 Å². The van der Waals surface area contributed by atoms with E-state index in [0.29, 0.717) is 18.3 Å². The van der Waals surface area contributed by atoms with Gasteiger partial charge in [-0.05, 0) is 0 Å². The van der Waals surface area contributed by atoms with Crippen LogP contribution in [-0.4, -0.2) is 29.8 Å². The normalized spacial score (nSPS) is 23.3. The molecule has 5 nitrogen and oxygen atoms in total. The first kappa shape index (κ1) is 8.65. The molecule has 0 radical (unpaired) electrons. The molecule has 1 N–H and O–H groups in total. The van der Waals surface area contributed by atoms with Gasteiger partial charge in [0.05, 0.1) is 6.61 Å². The van der Waals surface area contributed by atoms with Crippen LogP contribution in [0.15, 0.2) is 4.52 Å². The summed E-state index contributed by atoms with van der Waals surface area (Å²) in [4.78, 5) is 4.21. The van der Waals surface area contributed by atoms with Crippen LogP contribution in [0.3, 0.4) is 0 Å². The van der Waals surface area contributed by atoms with E-state index >= 15 is 0 Å². The molecule has 72 valence electrons. The lowest BCUT2D eigenvalue weighted by atomic mass is 10.3. The molecule has 0 saturated carbocycles. The SMILES string of the molecule is CCc1nc(C2CNCCO2)no1. The van der Waals surface area contributed by atoms with Crippen LogP contribution in [0.1, 0.15) is 24.7 Å². The van der Waals surface area contributed by atoms with E-state index in [1.807, 2.05) is 6.92 Å². The van der Waals surface area contributed by atoms with Gasteiger partial charge in [-0.25, -0.2) is 0 Å². The molecule has 2 heterocycles. The quantitative estimate of drug-likeness (QED) is 0.714. The highest BCUT2D eigenvalue weighted by Gasteiger charge is 2.20. The first-order valence-corrected chi connectivity index (χ1v) is 4.55. The van der Waals surface area contributed by atoms with Crippen LogP contribution in [0.25, 0.3) is 0 Å². The zero-order valence-corrected chi connectivity index (χ0v) is 7.62. The number of nitrogens with zero attached hydrogens (tertiary/aromatic N) is 2. The molecule has 1 saturated heterocycles. The minimum atomic E-state index is -0.0437. The van der Waals surface area contributed by atoms with Crippen LogP contribution in [0.2, 0.25) is 0 Å². The smallest absolute Gasteiger partial charge is 0.226 e. The summed E-state index contributed by atoms with van der Waals surface area (Å²) < 4.78 is 10.5. The number of aryl methyl sites for hydroxylation is 1. The van der Waals surface area contributed by atoms with Crippen LogP contribution >= 0.6 is 0 Å². The Morgan fingerprint density at radius 3 is 3.15 bits per heavy atom. The van der Waals surface area contributed by atoms with Crippen molar-refractivity contribution in [2.24, 2.45) is 0 Å². The van der Waals surface area contributed by atoms with Crippen molar-refractivity contribution in [3.8, 4) is 0 Å². The predicted molar refractivity (Wildman–Crippen MR) is 45.2 cm³/mol. The maximum absolute atomic E-state index is 5.47. The van der Waals surface area contributed by atoms with Crippen molar-refractivity contribution in [1.29, 1.82) is 0 Å². The molecule has 1 unspecified atom stereocenters. The average Bonchev–Trinajstić information content (AvgIpc) is 2.67. The molecular formula is C8H13N3O2. The fraction of sp³-hybridized carbons (Fsp3) is 0.750. The van der Waals surface area contributed by atoms with Gasteiger partial charge < -0.3 is 14.6 Å². The number of nitrogens with one attached hydrogen (secondary N) is 1. The van der Waals surface area contributed by atoms with Crippen LogP contribution in [-0.2, 0) is 11.2 Å². The summed E-state index contributed by atoms with van der Waals surface area (Å²) in [7, 11) is 0. The molecule has 0 amide bonds. The van der Waals surface area contributed by atoms with Gasteiger partial charge in [0.1, 0.15) is 6.10 Å². The summed E-state index contributed by atoms with van der Waals surface area (Å²) in [6, 6.07) is 0. The average molecular weight is 183 g/mol. The summed E-state index contributed by atoms with van der Waals surface area (Å²) in [6.45, 7) is 4.36. The maximum Gasteiger partial charge on any atom is 0.226 e. The summed E-state index contributed by atoms with van der Waals surface area (Å²) in [5.74, 6) is 1.33. The molecule has 1 aliphatic rings. The number of morpholine rings is 1. The molecule has 0 spiro atoms. The summed E-state index contributed by atoms with van der Waals surface area (Å²) in [5.41, 5.74) is 0. The third-order valence-electron chi connectivity index (χ3n) is 2.00. The van der Waals surface area contributed by atoms with Gasteiger partial charge in [-0.2, -0.15) is 4.98 Å². The van der Waals surface area contributed by atoms with Gasteiger partial charge in [0, 0.05) is 19.5 Å². The minimum absolute atomic E-state index is 0.0437. The molecule has 0 aliphatic carbocycles. The van der Waals surface area contributed by atoms with E-state index in [2.05, 4.69) is 15.5 Å². The Labute approximate surface area is 76.5 Å². The first-order chi connectivity index (χ1) is 6.40. The lowest BCUT2D eigenvalue weighted by Gasteiger charge is -2.20. The molecule has 1 fully saturated rings. The predicted octanol–water partition coefficient (Wildman–Crippen LogP) is 0.293. The zero-order valence-electron chi connectivity index (χ0n) is 7.62. The fourth-order valence-corrected chi connectivity index (χ4v) is 1.27. The van der Waals surface area contributed by atoms with Crippen molar-refractivity contribution < 1.29 is 9.26 Å². The van der Waals surface area contributed by atoms with Gasteiger partial charge in [-0.1, -0.05) is 12.1 Å². The molecule has 5 heteroatoms. The molecular weight excluding hydrogens is 170 g/mol. The molecule has 1 aromatic heterocycles. The first-order valence-electron chi connectivity index (χ1n) is 4.55. The van der Waals surface area contributed by atoms with Crippen molar-refractivity contribution >= 4 is 0 Å². The topological polar surface area (TPSA) is 60.2 Å². The third kappa shape index (κ3) is 1.87. The highest BCUT2D eigenvalue weighted by atomic mass is 16.5. The van der Waals surface area contributed by atoms with E-state index < -0.39 is 0 Å². The Bertz CT molecular complexity index is 268. The van der Waals surface area contributed by atoms with Crippen molar-refractivity contribution in [3.63, 3.8) is 0 Å². The lowest BCUT2D eigenvalue weighted by molar-refractivity contribution is 0.0208. The fourth-order valence-electron chi connectivity index (χ4n) is 1.27. The third-order valence-corrected chi connectivity index (χ3v) is 2.00. The largest absolute Gasteiger partial charge is 0.367 e. The highest BCUT2D eigenvalue weighted by molar-refractivity contribution is 4.93. The second-order valence-electron chi connectivity index (χ2n) is 2.96. The summed E-state index contributed by atoms with van der Waals surface area (Å²) in [6.07, 6.45) is 0.727.